The third-order valence-corrected chi connectivity index (χ3v) is 8.35. The maximum atomic E-state index is 6.58. The van der Waals surface area contributed by atoms with Crippen molar-refractivity contribution in [2.45, 2.75) is 6.92 Å². The van der Waals surface area contributed by atoms with Gasteiger partial charge in [0.05, 0.1) is 5.52 Å². The van der Waals surface area contributed by atoms with E-state index in [1.165, 1.54) is 5.56 Å². The Kier molecular flexibility index (Phi) is 5.93. The molecule has 0 N–H and O–H groups in total. The highest BCUT2D eigenvalue weighted by atomic mass is 16.6. The summed E-state index contributed by atoms with van der Waals surface area (Å²) in [6.07, 6.45) is 0. The van der Waals surface area contributed by atoms with E-state index in [0.29, 0.717) is 40.5 Å². The van der Waals surface area contributed by atoms with Crippen molar-refractivity contribution < 1.29 is 9.47 Å². The minimum Gasteiger partial charge on any atom is -0.449 e. The van der Waals surface area contributed by atoms with Gasteiger partial charge >= 0.3 is 0 Å². The van der Waals surface area contributed by atoms with Gasteiger partial charge in [0.1, 0.15) is 5.52 Å². The molecule has 3 heterocycles. The summed E-state index contributed by atoms with van der Waals surface area (Å²) < 4.78 is 15.2. The van der Waals surface area contributed by atoms with Crippen LogP contribution in [0.5, 0.6) is 23.0 Å². The summed E-state index contributed by atoms with van der Waals surface area (Å²) in [5.41, 5.74) is 6.90. The molecule has 8 aromatic rings. The van der Waals surface area contributed by atoms with Crippen molar-refractivity contribution in [3.8, 4) is 62.8 Å². The largest absolute Gasteiger partial charge is 0.449 e. The van der Waals surface area contributed by atoms with Gasteiger partial charge in [0.15, 0.2) is 40.5 Å². The number of hydrogen-bond donors (Lipinski definition) is 0. The van der Waals surface area contributed by atoms with Crippen LogP contribution in [0.3, 0.4) is 0 Å². The average molecular weight is 595 g/mol. The lowest BCUT2D eigenvalue weighted by Crippen LogP contribution is -2.03. The van der Waals surface area contributed by atoms with Gasteiger partial charge in [0.25, 0.3) is 0 Å². The predicted octanol–water partition coefficient (Wildman–Crippen LogP) is 10.2. The summed E-state index contributed by atoms with van der Waals surface area (Å²) in [6, 6.07) is 46.8. The molecule has 0 saturated heterocycles. The van der Waals surface area contributed by atoms with E-state index in [9.17, 15) is 0 Å². The second-order valence-corrected chi connectivity index (χ2v) is 11.4. The molecule has 0 aliphatic carbocycles. The Morgan fingerprint density at radius 1 is 0.478 bits per heavy atom. The normalized spacial score (nSPS) is 11.9. The molecule has 1 aliphatic rings. The van der Waals surface area contributed by atoms with Gasteiger partial charge in [-0.1, -0.05) is 96.6 Å². The van der Waals surface area contributed by atoms with Crippen LogP contribution in [0.2, 0.25) is 0 Å². The molecular formula is C40H26N4O2. The summed E-state index contributed by atoms with van der Waals surface area (Å²) >= 11 is 0. The average Bonchev–Trinajstić information content (AvgIpc) is 3.45. The number of aromatic nitrogens is 4. The van der Waals surface area contributed by atoms with Crippen LogP contribution in [0, 0.1) is 6.92 Å². The summed E-state index contributed by atoms with van der Waals surface area (Å²) in [7, 11) is 0. The van der Waals surface area contributed by atoms with Gasteiger partial charge < -0.3 is 14.0 Å². The number of rotatable bonds is 4. The molecule has 1 aliphatic heterocycles. The van der Waals surface area contributed by atoms with Crippen molar-refractivity contribution in [2.75, 3.05) is 0 Å². The number of fused-ring (bicyclic) bond motifs is 6. The molecule has 6 nitrogen and oxygen atoms in total. The van der Waals surface area contributed by atoms with Crippen LogP contribution in [-0.4, -0.2) is 19.5 Å². The zero-order valence-electron chi connectivity index (χ0n) is 24.9. The smallest absolute Gasteiger partial charge is 0.194 e. The van der Waals surface area contributed by atoms with Crippen LogP contribution in [0.15, 0.2) is 140 Å². The molecule has 0 fully saturated rings. The molecule has 2 aromatic heterocycles. The SMILES string of the molecule is Cc1ccc2c(c1)c1ccc3c(c1n2-c1cccc(-c2nc(-c4ccccc4)nc(-c4ccccc4)n2)c1)Oc1ccccc1O3. The van der Waals surface area contributed by atoms with E-state index in [1.54, 1.807) is 0 Å². The summed E-state index contributed by atoms with van der Waals surface area (Å²) in [4.78, 5) is 14.8. The zero-order valence-corrected chi connectivity index (χ0v) is 24.9. The Morgan fingerprint density at radius 2 is 1.09 bits per heavy atom. The molecule has 6 aromatic carbocycles. The third kappa shape index (κ3) is 4.31. The van der Waals surface area contributed by atoms with Crippen LogP contribution in [0.25, 0.3) is 61.7 Å². The van der Waals surface area contributed by atoms with E-state index in [-0.39, 0.29) is 0 Å². The van der Waals surface area contributed by atoms with Gasteiger partial charge in [-0.2, -0.15) is 0 Å². The minimum atomic E-state index is 0.599. The highest BCUT2D eigenvalue weighted by Gasteiger charge is 2.26. The Labute approximate surface area is 265 Å². The number of para-hydroxylation sites is 2. The van der Waals surface area contributed by atoms with Crippen LogP contribution < -0.4 is 9.47 Å². The fraction of sp³-hybridized carbons (Fsp3) is 0.0250. The third-order valence-electron chi connectivity index (χ3n) is 8.35. The summed E-state index contributed by atoms with van der Waals surface area (Å²) in [5, 5.41) is 2.23. The molecule has 0 atom stereocenters. The van der Waals surface area contributed by atoms with Crippen molar-refractivity contribution >= 4 is 21.8 Å². The Morgan fingerprint density at radius 3 is 1.78 bits per heavy atom. The van der Waals surface area contributed by atoms with E-state index in [0.717, 1.165) is 44.2 Å². The van der Waals surface area contributed by atoms with Crippen molar-refractivity contribution in [3.05, 3.63) is 145 Å². The first kappa shape index (κ1) is 26.2. The van der Waals surface area contributed by atoms with E-state index in [1.807, 2.05) is 103 Å². The molecule has 0 spiro atoms. The molecule has 0 radical (unpaired) electrons. The standard InChI is InChI=1S/C40H26N4O2/c1-25-19-21-32-31(23-25)30-20-22-35-37(46-34-18-9-8-17-33(34)45-35)36(30)44(32)29-16-10-15-28(24-29)40-42-38(26-11-4-2-5-12-26)41-39(43-40)27-13-6-3-7-14-27/h2-24H,1H3. The second-order valence-electron chi connectivity index (χ2n) is 11.4. The quantitative estimate of drug-likeness (QED) is 0.203. The van der Waals surface area contributed by atoms with Crippen LogP contribution in [-0.2, 0) is 0 Å². The van der Waals surface area contributed by atoms with Crippen LogP contribution >= 0.6 is 0 Å². The maximum Gasteiger partial charge on any atom is 0.194 e. The minimum absolute atomic E-state index is 0.599. The lowest BCUT2D eigenvalue weighted by molar-refractivity contribution is 0.362. The van der Waals surface area contributed by atoms with Crippen LogP contribution in [0.1, 0.15) is 5.56 Å². The second kappa shape index (κ2) is 10.4. The first-order valence-corrected chi connectivity index (χ1v) is 15.2. The van der Waals surface area contributed by atoms with E-state index in [2.05, 4.69) is 47.9 Å². The van der Waals surface area contributed by atoms with Gasteiger partial charge in [-0.25, -0.2) is 15.0 Å². The van der Waals surface area contributed by atoms with Gasteiger partial charge in [-0.05, 0) is 55.5 Å². The summed E-state index contributed by atoms with van der Waals surface area (Å²) in [5.74, 6) is 4.61. The highest BCUT2D eigenvalue weighted by molar-refractivity contribution is 6.12. The lowest BCUT2D eigenvalue weighted by atomic mass is 10.1. The zero-order chi connectivity index (χ0) is 30.6. The van der Waals surface area contributed by atoms with Gasteiger partial charge in [0.2, 0.25) is 0 Å². The summed E-state index contributed by atoms with van der Waals surface area (Å²) in [6.45, 7) is 2.12. The van der Waals surface area contributed by atoms with Crippen molar-refractivity contribution in [3.63, 3.8) is 0 Å². The first-order chi connectivity index (χ1) is 22.7. The van der Waals surface area contributed by atoms with Gasteiger partial charge in [0, 0.05) is 33.2 Å². The van der Waals surface area contributed by atoms with Gasteiger partial charge in [-0.3, -0.25) is 0 Å². The van der Waals surface area contributed by atoms with Crippen LogP contribution in [0.4, 0.5) is 0 Å². The lowest BCUT2D eigenvalue weighted by Gasteiger charge is -2.22. The number of ether oxygens (including phenoxy) is 2. The highest BCUT2D eigenvalue weighted by Crippen LogP contribution is 2.50. The van der Waals surface area contributed by atoms with Crippen molar-refractivity contribution in [1.29, 1.82) is 0 Å². The fourth-order valence-corrected chi connectivity index (χ4v) is 6.19. The fourth-order valence-electron chi connectivity index (χ4n) is 6.19. The Balaban J connectivity index is 1.27. The number of benzene rings is 6. The van der Waals surface area contributed by atoms with E-state index < -0.39 is 0 Å². The van der Waals surface area contributed by atoms with E-state index in [4.69, 9.17) is 24.4 Å². The maximum absolute atomic E-state index is 6.58. The monoisotopic (exact) mass is 594 g/mol. The molecule has 0 unspecified atom stereocenters. The molecule has 0 bridgehead atoms. The number of aryl methyl sites for hydroxylation is 1. The first-order valence-electron chi connectivity index (χ1n) is 15.2. The van der Waals surface area contributed by atoms with E-state index >= 15 is 0 Å². The van der Waals surface area contributed by atoms with Gasteiger partial charge in [-0.15, -0.1) is 0 Å². The molecule has 6 heteroatoms. The molecule has 9 rings (SSSR count). The number of nitrogens with zero attached hydrogens (tertiary/aromatic N) is 4. The van der Waals surface area contributed by atoms with Crippen molar-refractivity contribution in [1.82, 2.24) is 19.5 Å². The molecule has 0 saturated carbocycles. The van der Waals surface area contributed by atoms with Crippen molar-refractivity contribution in [2.24, 2.45) is 0 Å². The topological polar surface area (TPSA) is 62.1 Å². The molecule has 0 amide bonds. The molecule has 218 valence electrons. The predicted molar refractivity (Wildman–Crippen MR) is 182 cm³/mol. The Hall–Kier alpha value is -6.27. The molecule has 46 heavy (non-hydrogen) atoms. The number of hydrogen-bond acceptors (Lipinski definition) is 5. The Bertz CT molecular complexity index is 2380. The molecular weight excluding hydrogens is 568 g/mol.